The zero-order valence-electron chi connectivity index (χ0n) is 13.4. The molecule has 1 aliphatic heterocycles. The molecule has 1 fully saturated rings. The van der Waals surface area contributed by atoms with Crippen LogP contribution in [0.25, 0.3) is 0 Å². The number of hydrogen-bond acceptors (Lipinski definition) is 4. The van der Waals surface area contributed by atoms with Crippen molar-refractivity contribution in [2.45, 2.75) is 24.9 Å². The number of esters is 1. The average Bonchev–Trinajstić information content (AvgIpc) is 2.54. The van der Waals surface area contributed by atoms with E-state index in [0.717, 1.165) is 31.5 Å². The first-order valence-corrected chi connectivity index (χ1v) is 7.55. The maximum atomic E-state index is 12.5. The molecule has 0 aromatic heterocycles. The molecule has 0 radical (unpaired) electrons. The standard InChI is InChI=1S/C16H19F3N2O3/c1-21(2)14(22)12-4-3-11(10-5-7-20-8-6-10)9-13(12)24-15(23)16(17,18)19/h3-4,9-10,20H,5-8H2,1-2H3. The molecule has 1 heterocycles. The van der Waals surface area contributed by atoms with E-state index in [2.05, 4.69) is 10.1 Å². The van der Waals surface area contributed by atoms with Crippen LogP contribution in [0, 0.1) is 0 Å². The van der Waals surface area contributed by atoms with Gasteiger partial charge in [0.1, 0.15) is 5.75 Å². The van der Waals surface area contributed by atoms with E-state index in [1.165, 1.54) is 31.1 Å². The third kappa shape index (κ3) is 4.25. The third-order valence-corrected chi connectivity index (χ3v) is 3.89. The van der Waals surface area contributed by atoms with Gasteiger partial charge in [-0.2, -0.15) is 13.2 Å². The predicted octanol–water partition coefficient (Wildman–Crippen LogP) is 2.32. The SMILES string of the molecule is CN(C)C(=O)c1ccc(C2CCNCC2)cc1OC(=O)C(F)(F)F. The van der Waals surface area contributed by atoms with E-state index in [1.807, 2.05) is 0 Å². The summed E-state index contributed by atoms with van der Waals surface area (Å²) in [6.45, 7) is 1.61. The van der Waals surface area contributed by atoms with Crippen LogP contribution in [-0.4, -0.2) is 50.1 Å². The Morgan fingerprint density at radius 3 is 2.38 bits per heavy atom. The fourth-order valence-corrected chi connectivity index (χ4v) is 2.61. The Labute approximate surface area is 137 Å². The second-order valence-electron chi connectivity index (χ2n) is 5.87. The van der Waals surface area contributed by atoms with Crippen LogP contribution in [0.3, 0.4) is 0 Å². The van der Waals surface area contributed by atoms with Gasteiger partial charge in [0.25, 0.3) is 5.91 Å². The summed E-state index contributed by atoms with van der Waals surface area (Å²) in [4.78, 5) is 24.5. The number of hydrogen-bond donors (Lipinski definition) is 1. The van der Waals surface area contributed by atoms with E-state index in [4.69, 9.17) is 0 Å². The van der Waals surface area contributed by atoms with Crippen LogP contribution in [0.15, 0.2) is 18.2 Å². The van der Waals surface area contributed by atoms with E-state index in [1.54, 1.807) is 6.07 Å². The summed E-state index contributed by atoms with van der Waals surface area (Å²) in [5.74, 6) is -3.07. The van der Waals surface area contributed by atoms with Crippen LogP contribution < -0.4 is 10.1 Å². The van der Waals surface area contributed by atoms with Crippen molar-refractivity contribution in [2.75, 3.05) is 27.2 Å². The fourth-order valence-electron chi connectivity index (χ4n) is 2.61. The predicted molar refractivity (Wildman–Crippen MR) is 81.0 cm³/mol. The van der Waals surface area contributed by atoms with Gasteiger partial charge in [0, 0.05) is 14.1 Å². The number of benzene rings is 1. The molecule has 2 rings (SSSR count). The molecular weight excluding hydrogens is 325 g/mol. The van der Waals surface area contributed by atoms with Crippen molar-refractivity contribution in [1.82, 2.24) is 10.2 Å². The van der Waals surface area contributed by atoms with Gasteiger partial charge in [0.05, 0.1) is 5.56 Å². The molecule has 0 spiro atoms. The largest absolute Gasteiger partial charge is 0.491 e. The summed E-state index contributed by atoms with van der Waals surface area (Å²) in [7, 11) is 2.94. The molecule has 132 valence electrons. The Balaban J connectivity index is 2.37. The Bertz CT molecular complexity index is 623. The first-order chi connectivity index (χ1) is 11.2. The molecule has 24 heavy (non-hydrogen) atoms. The quantitative estimate of drug-likeness (QED) is 0.675. The Morgan fingerprint density at radius 2 is 1.83 bits per heavy atom. The molecule has 1 aromatic carbocycles. The van der Waals surface area contributed by atoms with Gasteiger partial charge in [-0.05, 0) is 49.5 Å². The molecule has 5 nitrogen and oxygen atoms in total. The van der Waals surface area contributed by atoms with Gasteiger partial charge in [-0.1, -0.05) is 6.07 Å². The summed E-state index contributed by atoms with van der Waals surface area (Å²) in [6, 6.07) is 4.49. The van der Waals surface area contributed by atoms with Gasteiger partial charge in [-0.3, -0.25) is 4.79 Å². The second kappa shape index (κ2) is 7.21. The highest BCUT2D eigenvalue weighted by molar-refractivity contribution is 5.97. The number of nitrogens with zero attached hydrogens (tertiary/aromatic N) is 1. The third-order valence-electron chi connectivity index (χ3n) is 3.89. The number of carbonyl (C=O) groups excluding carboxylic acids is 2. The van der Waals surface area contributed by atoms with Crippen LogP contribution in [0.4, 0.5) is 13.2 Å². The van der Waals surface area contributed by atoms with Gasteiger partial charge in [0.2, 0.25) is 0 Å². The maximum Gasteiger partial charge on any atom is 0.491 e. The first-order valence-electron chi connectivity index (χ1n) is 7.55. The number of amides is 1. The van der Waals surface area contributed by atoms with E-state index in [0.29, 0.717) is 0 Å². The van der Waals surface area contributed by atoms with Crippen LogP contribution in [0.5, 0.6) is 5.75 Å². The average molecular weight is 344 g/mol. The lowest BCUT2D eigenvalue weighted by Crippen LogP contribution is -2.30. The van der Waals surface area contributed by atoms with Crippen molar-refractivity contribution in [3.05, 3.63) is 29.3 Å². The molecular formula is C16H19F3N2O3. The summed E-state index contributed by atoms with van der Waals surface area (Å²) >= 11 is 0. The van der Waals surface area contributed by atoms with E-state index in [9.17, 15) is 22.8 Å². The molecule has 0 unspecified atom stereocenters. The highest BCUT2D eigenvalue weighted by Crippen LogP contribution is 2.31. The number of rotatable bonds is 3. The molecule has 1 aliphatic rings. The smallest absolute Gasteiger partial charge is 0.419 e. The number of alkyl halides is 3. The maximum absolute atomic E-state index is 12.5. The molecule has 1 N–H and O–H groups in total. The van der Waals surface area contributed by atoms with Crippen LogP contribution in [0.2, 0.25) is 0 Å². The molecule has 8 heteroatoms. The van der Waals surface area contributed by atoms with Crippen molar-refractivity contribution < 1.29 is 27.5 Å². The fraction of sp³-hybridized carbons (Fsp3) is 0.500. The van der Waals surface area contributed by atoms with Crippen molar-refractivity contribution in [2.24, 2.45) is 0 Å². The number of halogens is 3. The van der Waals surface area contributed by atoms with Gasteiger partial charge < -0.3 is 15.0 Å². The van der Waals surface area contributed by atoms with Gasteiger partial charge in [-0.25, -0.2) is 4.79 Å². The van der Waals surface area contributed by atoms with Crippen LogP contribution in [-0.2, 0) is 4.79 Å². The van der Waals surface area contributed by atoms with Crippen molar-refractivity contribution in [1.29, 1.82) is 0 Å². The van der Waals surface area contributed by atoms with Crippen molar-refractivity contribution in [3.8, 4) is 5.75 Å². The van der Waals surface area contributed by atoms with Crippen LogP contribution >= 0.6 is 0 Å². The lowest BCUT2D eigenvalue weighted by atomic mass is 9.89. The second-order valence-corrected chi connectivity index (χ2v) is 5.87. The topological polar surface area (TPSA) is 58.6 Å². The molecule has 0 aliphatic carbocycles. The summed E-state index contributed by atoms with van der Waals surface area (Å²) < 4.78 is 42.0. The van der Waals surface area contributed by atoms with Gasteiger partial charge in [0.15, 0.2) is 0 Å². The monoisotopic (exact) mass is 344 g/mol. The van der Waals surface area contributed by atoms with Crippen LogP contribution in [0.1, 0.15) is 34.7 Å². The number of nitrogens with one attached hydrogen (secondary N) is 1. The zero-order chi connectivity index (χ0) is 17.9. The van der Waals surface area contributed by atoms with Gasteiger partial charge in [-0.15, -0.1) is 0 Å². The van der Waals surface area contributed by atoms with Gasteiger partial charge >= 0.3 is 12.1 Å². The highest BCUT2D eigenvalue weighted by Gasteiger charge is 2.42. The molecule has 1 aromatic rings. The zero-order valence-corrected chi connectivity index (χ0v) is 13.4. The Kier molecular flexibility index (Phi) is 5.48. The molecule has 0 bridgehead atoms. The lowest BCUT2D eigenvalue weighted by Gasteiger charge is -2.24. The van der Waals surface area contributed by atoms with E-state index >= 15 is 0 Å². The minimum atomic E-state index is -5.12. The molecule has 1 saturated heterocycles. The summed E-state index contributed by atoms with van der Waals surface area (Å²) in [6.07, 6.45) is -3.47. The highest BCUT2D eigenvalue weighted by atomic mass is 19.4. The Morgan fingerprint density at radius 1 is 1.21 bits per heavy atom. The lowest BCUT2D eigenvalue weighted by molar-refractivity contribution is -0.189. The molecule has 1 amide bonds. The minimum absolute atomic E-state index is 0.0738. The first kappa shape index (κ1) is 18.3. The summed E-state index contributed by atoms with van der Waals surface area (Å²) in [5, 5.41) is 3.20. The van der Waals surface area contributed by atoms with Crippen molar-refractivity contribution in [3.63, 3.8) is 0 Å². The number of carbonyl (C=O) groups is 2. The number of ether oxygens (including phenoxy) is 1. The van der Waals surface area contributed by atoms with E-state index < -0.39 is 18.1 Å². The van der Waals surface area contributed by atoms with Crippen molar-refractivity contribution >= 4 is 11.9 Å². The van der Waals surface area contributed by atoms with E-state index in [-0.39, 0.29) is 17.2 Å². The minimum Gasteiger partial charge on any atom is -0.419 e. The normalized spacial score (nSPS) is 15.9. The molecule has 0 saturated carbocycles. The molecule has 0 atom stereocenters. The Hall–Kier alpha value is -2.09. The number of piperidine rings is 1. The summed E-state index contributed by atoms with van der Waals surface area (Å²) in [5.41, 5.74) is 0.687.